The molecule has 0 bridgehead atoms. The van der Waals surface area contributed by atoms with Crippen molar-refractivity contribution in [3.8, 4) is 0 Å². The van der Waals surface area contributed by atoms with Crippen molar-refractivity contribution in [2.24, 2.45) is 0 Å². The van der Waals surface area contributed by atoms with E-state index in [0.717, 1.165) is 28.8 Å². The third-order valence-electron chi connectivity index (χ3n) is 3.14. The minimum absolute atomic E-state index is 0.647. The van der Waals surface area contributed by atoms with Crippen molar-refractivity contribution >= 4 is 40.9 Å². The highest BCUT2D eigenvalue weighted by atomic mass is 35.5. The van der Waals surface area contributed by atoms with Crippen LogP contribution in [0.1, 0.15) is 29.3 Å². The topological polar surface area (TPSA) is 15.8 Å². The van der Waals surface area contributed by atoms with Gasteiger partial charge in [-0.2, -0.15) is 0 Å². The van der Waals surface area contributed by atoms with E-state index in [1.807, 2.05) is 50.4 Å². The van der Waals surface area contributed by atoms with Gasteiger partial charge in [0.15, 0.2) is 0 Å². The van der Waals surface area contributed by atoms with Gasteiger partial charge >= 0.3 is 0 Å². The van der Waals surface area contributed by atoms with Crippen molar-refractivity contribution in [3.05, 3.63) is 74.0 Å². The summed E-state index contributed by atoms with van der Waals surface area (Å²) < 4.78 is 0. The quantitative estimate of drug-likeness (QED) is 0.622. The van der Waals surface area contributed by atoms with E-state index in [2.05, 4.69) is 4.98 Å². The highest BCUT2D eigenvalue weighted by Gasteiger charge is 2.08. The summed E-state index contributed by atoms with van der Waals surface area (Å²) in [6.07, 6.45) is 8.49. The van der Waals surface area contributed by atoms with E-state index in [1.165, 1.54) is 0 Å². The maximum Gasteiger partial charge on any atom is 0.0423 e. The number of nitrogens with one attached hydrogen (secondary N) is 1. The molecule has 0 aliphatic carbocycles. The number of aryl methyl sites for hydroxylation is 1. The van der Waals surface area contributed by atoms with Crippen LogP contribution in [0.2, 0.25) is 10.0 Å². The van der Waals surface area contributed by atoms with Crippen LogP contribution < -0.4 is 0 Å². The van der Waals surface area contributed by atoms with Gasteiger partial charge in [0, 0.05) is 27.0 Å². The molecule has 1 aromatic heterocycles. The lowest BCUT2D eigenvalue weighted by atomic mass is 10.0. The van der Waals surface area contributed by atoms with Gasteiger partial charge in [0.05, 0.1) is 0 Å². The predicted octanol–water partition coefficient (Wildman–Crippen LogP) is 6.38. The monoisotopic (exact) mass is 339 g/mol. The first kappa shape index (κ1) is 16.2. The number of aromatic nitrogens is 1. The largest absolute Gasteiger partial charge is 0.364 e. The molecular weight excluding hydrogens is 325 g/mol. The van der Waals surface area contributed by atoms with Gasteiger partial charge in [-0.25, -0.2) is 0 Å². The van der Waals surface area contributed by atoms with Crippen molar-refractivity contribution in [2.45, 2.75) is 20.3 Å². The Morgan fingerprint density at radius 1 is 1.19 bits per heavy atom. The van der Waals surface area contributed by atoms with Crippen molar-refractivity contribution in [1.29, 1.82) is 0 Å². The molecule has 21 heavy (non-hydrogen) atoms. The van der Waals surface area contributed by atoms with Gasteiger partial charge in [-0.1, -0.05) is 40.9 Å². The standard InChI is InChI=1S/C17H16Cl3N/c1-3-4-14(18)9-17-11(2)21-10-13(17)5-12-6-15(19)8-16(20)7-12/h3-4,6-10,21H,5H2,1-2H3/b4-3-,14-9+. The molecule has 1 heterocycles. The molecule has 1 nitrogen and oxygen atoms in total. The Balaban J connectivity index is 2.35. The summed E-state index contributed by atoms with van der Waals surface area (Å²) in [6, 6.07) is 5.59. The number of benzene rings is 1. The number of allylic oxidation sites excluding steroid dienone is 3. The summed E-state index contributed by atoms with van der Waals surface area (Å²) >= 11 is 18.3. The fourth-order valence-corrected chi connectivity index (χ4v) is 3.02. The third-order valence-corrected chi connectivity index (χ3v) is 3.81. The summed E-state index contributed by atoms with van der Waals surface area (Å²) in [5.74, 6) is 0. The van der Waals surface area contributed by atoms with Crippen molar-refractivity contribution in [3.63, 3.8) is 0 Å². The van der Waals surface area contributed by atoms with Gasteiger partial charge in [0.2, 0.25) is 0 Å². The summed E-state index contributed by atoms with van der Waals surface area (Å²) in [6.45, 7) is 3.97. The SMILES string of the molecule is C/C=C\C(Cl)=C/c1c(Cc2cc(Cl)cc(Cl)c2)c[nH]c1C. The smallest absolute Gasteiger partial charge is 0.0423 e. The maximum absolute atomic E-state index is 6.19. The number of rotatable bonds is 4. The molecule has 110 valence electrons. The Kier molecular flexibility index (Phi) is 5.58. The molecule has 0 unspecified atom stereocenters. The molecule has 0 aliphatic rings. The Morgan fingerprint density at radius 2 is 1.86 bits per heavy atom. The molecular formula is C17H16Cl3N. The molecule has 0 atom stereocenters. The number of hydrogen-bond acceptors (Lipinski definition) is 0. The summed E-state index contributed by atoms with van der Waals surface area (Å²) in [7, 11) is 0. The lowest BCUT2D eigenvalue weighted by molar-refractivity contribution is 1.19. The van der Waals surface area contributed by atoms with E-state index in [4.69, 9.17) is 34.8 Å². The van der Waals surface area contributed by atoms with Crippen LogP contribution in [-0.4, -0.2) is 4.98 Å². The number of H-pyrrole nitrogens is 1. The van der Waals surface area contributed by atoms with Crippen LogP contribution in [0.3, 0.4) is 0 Å². The van der Waals surface area contributed by atoms with Gasteiger partial charge in [-0.3, -0.25) is 0 Å². The van der Waals surface area contributed by atoms with E-state index in [0.29, 0.717) is 15.1 Å². The first-order chi connectivity index (χ1) is 9.99. The van der Waals surface area contributed by atoms with Gasteiger partial charge in [-0.15, -0.1) is 0 Å². The Hall–Kier alpha value is -1.15. The molecule has 0 saturated heterocycles. The Morgan fingerprint density at radius 3 is 2.48 bits per heavy atom. The average Bonchev–Trinajstić information content (AvgIpc) is 2.70. The molecule has 2 rings (SSSR count). The first-order valence-electron chi connectivity index (χ1n) is 6.61. The van der Waals surface area contributed by atoms with E-state index >= 15 is 0 Å². The van der Waals surface area contributed by atoms with Crippen LogP contribution in [-0.2, 0) is 6.42 Å². The minimum atomic E-state index is 0.647. The highest BCUT2D eigenvalue weighted by molar-refractivity contribution is 6.34. The predicted molar refractivity (Wildman–Crippen MR) is 93.4 cm³/mol. The molecule has 4 heteroatoms. The van der Waals surface area contributed by atoms with Crippen LogP contribution in [0.25, 0.3) is 6.08 Å². The first-order valence-corrected chi connectivity index (χ1v) is 7.74. The van der Waals surface area contributed by atoms with E-state index in [1.54, 1.807) is 6.07 Å². The minimum Gasteiger partial charge on any atom is -0.364 e. The summed E-state index contributed by atoms with van der Waals surface area (Å²) in [5, 5.41) is 1.99. The second-order valence-electron chi connectivity index (χ2n) is 4.84. The van der Waals surface area contributed by atoms with Crippen LogP contribution in [0, 0.1) is 6.92 Å². The fraction of sp³-hybridized carbons (Fsp3) is 0.176. The molecule has 0 radical (unpaired) electrons. The lowest BCUT2D eigenvalue weighted by Gasteiger charge is -2.04. The van der Waals surface area contributed by atoms with Gasteiger partial charge in [0.25, 0.3) is 0 Å². The van der Waals surface area contributed by atoms with Crippen LogP contribution in [0.15, 0.2) is 41.6 Å². The molecule has 2 aromatic rings. The fourth-order valence-electron chi connectivity index (χ4n) is 2.22. The number of aromatic amines is 1. The van der Waals surface area contributed by atoms with Crippen molar-refractivity contribution in [2.75, 3.05) is 0 Å². The molecule has 1 N–H and O–H groups in total. The number of halogens is 3. The average molecular weight is 341 g/mol. The summed E-state index contributed by atoms with van der Waals surface area (Å²) in [5.41, 5.74) is 4.42. The van der Waals surface area contributed by atoms with E-state index in [9.17, 15) is 0 Å². The second kappa shape index (κ2) is 7.22. The van der Waals surface area contributed by atoms with Gasteiger partial charge in [0.1, 0.15) is 0 Å². The van der Waals surface area contributed by atoms with Crippen LogP contribution >= 0.6 is 34.8 Å². The Labute approximate surface area is 140 Å². The molecule has 1 aromatic carbocycles. The molecule has 0 spiro atoms. The van der Waals surface area contributed by atoms with E-state index in [-0.39, 0.29) is 0 Å². The van der Waals surface area contributed by atoms with Crippen molar-refractivity contribution < 1.29 is 0 Å². The maximum atomic E-state index is 6.19. The van der Waals surface area contributed by atoms with Crippen LogP contribution in [0.4, 0.5) is 0 Å². The van der Waals surface area contributed by atoms with Gasteiger partial charge < -0.3 is 4.98 Å². The second-order valence-corrected chi connectivity index (χ2v) is 6.15. The Bertz CT molecular complexity index is 676. The zero-order chi connectivity index (χ0) is 15.4. The van der Waals surface area contributed by atoms with Crippen molar-refractivity contribution in [1.82, 2.24) is 4.98 Å². The third kappa shape index (κ3) is 4.41. The highest BCUT2D eigenvalue weighted by Crippen LogP contribution is 2.25. The normalized spacial score (nSPS) is 12.3. The van der Waals surface area contributed by atoms with Crippen LogP contribution in [0.5, 0.6) is 0 Å². The molecule has 0 amide bonds. The van der Waals surface area contributed by atoms with E-state index < -0.39 is 0 Å². The molecule has 0 fully saturated rings. The zero-order valence-corrected chi connectivity index (χ0v) is 14.2. The molecule has 0 aliphatic heterocycles. The molecule has 0 saturated carbocycles. The van der Waals surface area contributed by atoms with Gasteiger partial charge in [-0.05, 0) is 67.3 Å². The lowest BCUT2D eigenvalue weighted by Crippen LogP contribution is -1.90. The zero-order valence-electron chi connectivity index (χ0n) is 11.9. The number of hydrogen-bond donors (Lipinski definition) is 1. The summed E-state index contributed by atoms with van der Waals surface area (Å²) in [4.78, 5) is 3.24.